The first-order valence-corrected chi connectivity index (χ1v) is 8.02. The molecule has 3 rings (SSSR count). The molecular formula is C18H21ClN2. The molecular weight excluding hydrogens is 280 g/mol. The van der Waals surface area contributed by atoms with Crippen LogP contribution in [-0.4, -0.2) is 9.97 Å². The van der Waals surface area contributed by atoms with E-state index >= 15 is 0 Å². The minimum atomic E-state index is -0.0365. The highest BCUT2D eigenvalue weighted by Gasteiger charge is 2.43. The van der Waals surface area contributed by atoms with Gasteiger partial charge < -0.3 is 0 Å². The fourth-order valence-electron chi connectivity index (χ4n) is 3.35. The van der Waals surface area contributed by atoms with Gasteiger partial charge in [0, 0.05) is 11.3 Å². The first-order valence-electron chi connectivity index (χ1n) is 7.64. The van der Waals surface area contributed by atoms with E-state index in [2.05, 4.69) is 49.2 Å². The number of benzene rings is 1. The molecule has 1 heterocycles. The maximum atomic E-state index is 6.45. The van der Waals surface area contributed by atoms with Crippen molar-refractivity contribution in [1.29, 1.82) is 0 Å². The number of nitrogens with zero attached hydrogens (tertiary/aromatic N) is 2. The molecule has 0 bridgehead atoms. The highest BCUT2D eigenvalue weighted by atomic mass is 35.5. The van der Waals surface area contributed by atoms with Crippen molar-refractivity contribution in [3.05, 3.63) is 58.1 Å². The van der Waals surface area contributed by atoms with Gasteiger partial charge in [0.25, 0.3) is 0 Å². The van der Waals surface area contributed by atoms with Gasteiger partial charge in [-0.25, -0.2) is 9.97 Å². The first-order chi connectivity index (χ1) is 10.0. The van der Waals surface area contributed by atoms with E-state index in [9.17, 15) is 0 Å². The van der Waals surface area contributed by atoms with E-state index in [0.29, 0.717) is 11.1 Å². The summed E-state index contributed by atoms with van der Waals surface area (Å²) in [6.07, 6.45) is 3.43. The Bertz CT molecular complexity index is 623. The van der Waals surface area contributed by atoms with Crippen LogP contribution in [0.15, 0.2) is 30.3 Å². The second kappa shape index (κ2) is 5.42. The second-order valence-electron chi connectivity index (χ2n) is 6.29. The van der Waals surface area contributed by atoms with Crippen molar-refractivity contribution in [2.75, 3.05) is 0 Å². The zero-order valence-corrected chi connectivity index (χ0v) is 13.6. The van der Waals surface area contributed by atoms with E-state index in [0.717, 1.165) is 29.9 Å². The molecule has 1 fully saturated rings. The molecule has 0 amide bonds. The summed E-state index contributed by atoms with van der Waals surface area (Å²) < 4.78 is 0. The number of halogens is 1. The minimum Gasteiger partial charge on any atom is -0.237 e. The summed E-state index contributed by atoms with van der Waals surface area (Å²) in [4.78, 5) is 9.51. The Morgan fingerprint density at radius 3 is 2.24 bits per heavy atom. The number of hydrogen-bond donors (Lipinski definition) is 0. The van der Waals surface area contributed by atoms with Crippen molar-refractivity contribution in [2.45, 2.75) is 51.4 Å². The van der Waals surface area contributed by atoms with Crippen molar-refractivity contribution >= 4 is 11.6 Å². The average Bonchev–Trinajstić information content (AvgIpc) is 2.37. The van der Waals surface area contributed by atoms with Gasteiger partial charge in [-0.2, -0.15) is 0 Å². The molecule has 0 N–H and O–H groups in total. The molecule has 1 saturated carbocycles. The summed E-state index contributed by atoms with van der Waals surface area (Å²) in [5, 5.41) is 0.620. The van der Waals surface area contributed by atoms with Crippen molar-refractivity contribution in [3.8, 4) is 0 Å². The maximum absolute atomic E-state index is 6.45. The molecule has 110 valence electrons. The van der Waals surface area contributed by atoms with Gasteiger partial charge >= 0.3 is 0 Å². The molecule has 2 aromatic rings. The molecule has 3 heteroatoms. The van der Waals surface area contributed by atoms with Crippen LogP contribution in [0.5, 0.6) is 0 Å². The Balaban J connectivity index is 2.11. The lowest BCUT2D eigenvalue weighted by Crippen LogP contribution is -2.37. The summed E-state index contributed by atoms with van der Waals surface area (Å²) >= 11 is 6.45. The zero-order chi connectivity index (χ0) is 15.0. The summed E-state index contributed by atoms with van der Waals surface area (Å²) in [6.45, 7) is 6.31. The molecule has 1 aliphatic rings. The molecule has 0 unspecified atom stereocenters. The molecule has 1 aromatic heterocycles. The van der Waals surface area contributed by atoms with Crippen LogP contribution in [0.1, 0.15) is 61.7 Å². The van der Waals surface area contributed by atoms with E-state index in [1.54, 1.807) is 0 Å². The monoisotopic (exact) mass is 300 g/mol. The predicted octanol–water partition coefficient (Wildman–Crippen LogP) is 5.03. The molecule has 21 heavy (non-hydrogen) atoms. The fourth-order valence-corrected chi connectivity index (χ4v) is 3.78. The summed E-state index contributed by atoms with van der Waals surface area (Å²) in [6, 6.07) is 10.6. The molecule has 2 nitrogen and oxygen atoms in total. The zero-order valence-electron chi connectivity index (χ0n) is 12.9. The summed E-state index contributed by atoms with van der Waals surface area (Å²) in [7, 11) is 0. The van der Waals surface area contributed by atoms with Crippen molar-refractivity contribution in [1.82, 2.24) is 9.97 Å². The lowest BCUT2D eigenvalue weighted by Gasteiger charge is -2.41. The predicted molar refractivity (Wildman–Crippen MR) is 86.9 cm³/mol. The van der Waals surface area contributed by atoms with Crippen LogP contribution in [0.3, 0.4) is 0 Å². The van der Waals surface area contributed by atoms with Crippen LogP contribution in [0.4, 0.5) is 0 Å². The van der Waals surface area contributed by atoms with Crippen LogP contribution in [0.2, 0.25) is 5.15 Å². The largest absolute Gasteiger partial charge is 0.237 e. The van der Waals surface area contributed by atoms with Gasteiger partial charge in [-0.15, -0.1) is 0 Å². The quantitative estimate of drug-likeness (QED) is 0.743. The van der Waals surface area contributed by atoms with E-state index in [-0.39, 0.29) is 5.41 Å². The fraction of sp³-hybridized carbons (Fsp3) is 0.444. The average molecular weight is 301 g/mol. The van der Waals surface area contributed by atoms with Gasteiger partial charge in [-0.1, -0.05) is 62.2 Å². The highest BCUT2D eigenvalue weighted by Crippen LogP contribution is 2.48. The smallest absolute Gasteiger partial charge is 0.140 e. The third-order valence-corrected chi connectivity index (χ3v) is 4.92. The molecule has 1 aromatic carbocycles. The van der Waals surface area contributed by atoms with Gasteiger partial charge in [-0.3, -0.25) is 0 Å². The SMILES string of the molecule is Cc1nc(C2(c3ccccc3)CCC2)nc(Cl)c1C(C)C. The Kier molecular flexibility index (Phi) is 3.75. The third kappa shape index (κ3) is 2.36. The van der Waals surface area contributed by atoms with E-state index < -0.39 is 0 Å². The third-order valence-electron chi connectivity index (χ3n) is 4.63. The molecule has 1 aliphatic carbocycles. The Morgan fingerprint density at radius 1 is 1.10 bits per heavy atom. The second-order valence-corrected chi connectivity index (χ2v) is 6.65. The van der Waals surface area contributed by atoms with Gasteiger partial charge in [-0.05, 0) is 31.2 Å². The number of aromatic nitrogens is 2. The standard InChI is InChI=1S/C18H21ClN2/c1-12(2)15-13(3)20-17(21-16(15)19)18(10-7-11-18)14-8-5-4-6-9-14/h4-6,8-9,12H,7,10-11H2,1-3H3. The van der Waals surface area contributed by atoms with Crippen LogP contribution >= 0.6 is 11.6 Å². The Hall–Kier alpha value is -1.41. The molecule has 0 saturated heterocycles. The lowest BCUT2D eigenvalue weighted by molar-refractivity contribution is 0.284. The molecule has 0 spiro atoms. The Labute approximate surface area is 131 Å². The minimum absolute atomic E-state index is 0.0365. The van der Waals surface area contributed by atoms with Crippen LogP contribution < -0.4 is 0 Å². The Morgan fingerprint density at radius 2 is 1.76 bits per heavy atom. The van der Waals surface area contributed by atoms with Crippen LogP contribution in [0, 0.1) is 6.92 Å². The lowest BCUT2D eigenvalue weighted by atomic mass is 9.64. The topological polar surface area (TPSA) is 25.8 Å². The van der Waals surface area contributed by atoms with Crippen molar-refractivity contribution in [3.63, 3.8) is 0 Å². The summed E-state index contributed by atoms with van der Waals surface area (Å²) in [5.41, 5.74) is 3.36. The van der Waals surface area contributed by atoms with Gasteiger partial charge in [0.1, 0.15) is 11.0 Å². The first kappa shape index (κ1) is 14.5. The van der Waals surface area contributed by atoms with Crippen LogP contribution in [-0.2, 0) is 5.41 Å². The number of hydrogen-bond acceptors (Lipinski definition) is 2. The number of rotatable bonds is 3. The number of aryl methyl sites for hydroxylation is 1. The molecule has 0 aliphatic heterocycles. The highest BCUT2D eigenvalue weighted by molar-refractivity contribution is 6.30. The molecule has 0 atom stereocenters. The van der Waals surface area contributed by atoms with Gasteiger partial charge in [0.2, 0.25) is 0 Å². The van der Waals surface area contributed by atoms with Gasteiger partial charge in [0.15, 0.2) is 0 Å². The van der Waals surface area contributed by atoms with E-state index in [1.807, 2.05) is 6.92 Å². The van der Waals surface area contributed by atoms with Crippen molar-refractivity contribution < 1.29 is 0 Å². The van der Waals surface area contributed by atoms with E-state index in [1.165, 1.54) is 12.0 Å². The van der Waals surface area contributed by atoms with Gasteiger partial charge in [0.05, 0.1) is 5.41 Å². The van der Waals surface area contributed by atoms with Crippen LogP contribution in [0.25, 0.3) is 0 Å². The van der Waals surface area contributed by atoms with Crippen molar-refractivity contribution in [2.24, 2.45) is 0 Å². The van der Waals surface area contributed by atoms with E-state index in [4.69, 9.17) is 16.6 Å². The maximum Gasteiger partial charge on any atom is 0.140 e. The summed E-state index contributed by atoms with van der Waals surface area (Å²) in [5.74, 6) is 1.24. The molecule has 0 radical (unpaired) electrons. The normalized spacial score (nSPS) is 16.8.